The summed E-state index contributed by atoms with van der Waals surface area (Å²) in [5.41, 5.74) is 0.409. The van der Waals surface area contributed by atoms with Crippen LogP contribution in [0.2, 0.25) is 0 Å². The first-order valence-electron chi connectivity index (χ1n) is 5.04. The second-order valence-corrected chi connectivity index (χ2v) is 5.02. The van der Waals surface area contributed by atoms with Gasteiger partial charge >= 0.3 is 0 Å². The van der Waals surface area contributed by atoms with Crippen molar-refractivity contribution in [2.75, 3.05) is 17.1 Å². The topological polar surface area (TPSA) is 102 Å². The number of anilines is 2. The lowest BCUT2D eigenvalue weighted by atomic mass is 10.4. The van der Waals surface area contributed by atoms with Crippen LogP contribution in [0.4, 0.5) is 11.6 Å². The van der Waals surface area contributed by atoms with E-state index in [2.05, 4.69) is 25.1 Å². The Morgan fingerprint density at radius 1 is 1.33 bits per heavy atom. The molecule has 8 nitrogen and oxygen atoms in total. The summed E-state index contributed by atoms with van der Waals surface area (Å²) in [6.07, 6.45) is 2.67. The summed E-state index contributed by atoms with van der Waals surface area (Å²) < 4.78 is 27.9. The minimum absolute atomic E-state index is 0.0875. The zero-order chi connectivity index (χ0) is 13.2. The zero-order valence-corrected chi connectivity index (χ0v) is 10.6. The molecule has 0 spiro atoms. The Kier molecular flexibility index (Phi) is 3.15. The maximum Gasteiger partial charge on any atom is 0.283 e. The van der Waals surface area contributed by atoms with E-state index >= 15 is 0 Å². The van der Waals surface area contributed by atoms with Crippen LogP contribution < -0.4 is 10.0 Å². The number of sulfonamides is 1. The summed E-state index contributed by atoms with van der Waals surface area (Å²) >= 11 is 0. The van der Waals surface area contributed by atoms with E-state index in [1.807, 2.05) is 0 Å². The fraction of sp³-hybridized carbons (Fsp3) is 0.222. The molecular weight excluding hydrogens is 256 g/mol. The van der Waals surface area contributed by atoms with Crippen molar-refractivity contribution >= 4 is 21.7 Å². The third kappa shape index (κ3) is 2.25. The SMILES string of the molecule is CNc1cccnc1S(=O)(=O)Nc1ncnn1C. The lowest BCUT2D eigenvalue weighted by molar-refractivity contribution is 0.597. The van der Waals surface area contributed by atoms with Gasteiger partial charge in [-0.05, 0) is 12.1 Å². The van der Waals surface area contributed by atoms with E-state index in [1.54, 1.807) is 26.2 Å². The molecule has 0 radical (unpaired) electrons. The predicted molar refractivity (Wildman–Crippen MR) is 65.6 cm³/mol. The number of aromatic nitrogens is 4. The van der Waals surface area contributed by atoms with E-state index in [-0.39, 0.29) is 11.0 Å². The maximum atomic E-state index is 12.1. The van der Waals surface area contributed by atoms with Crippen molar-refractivity contribution in [3.63, 3.8) is 0 Å². The first-order valence-corrected chi connectivity index (χ1v) is 6.52. The Hall–Kier alpha value is -2.16. The van der Waals surface area contributed by atoms with Gasteiger partial charge in [-0.3, -0.25) is 0 Å². The minimum Gasteiger partial charge on any atom is -0.386 e. The monoisotopic (exact) mass is 268 g/mol. The molecule has 2 heterocycles. The molecule has 18 heavy (non-hydrogen) atoms. The summed E-state index contributed by atoms with van der Waals surface area (Å²) in [4.78, 5) is 7.66. The van der Waals surface area contributed by atoms with Crippen molar-refractivity contribution in [1.29, 1.82) is 0 Å². The van der Waals surface area contributed by atoms with Crippen molar-refractivity contribution in [3.8, 4) is 0 Å². The molecule has 2 aromatic heterocycles. The average Bonchev–Trinajstić information content (AvgIpc) is 2.74. The van der Waals surface area contributed by atoms with Gasteiger partial charge in [0.05, 0.1) is 5.69 Å². The molecule has 0 aliphatic rings. The number of rotatable bonds is 4. The Labute approximate surface area is 104 Å². The highest BCUT2D eigenvalue weighted by Gasteiger charge is 2.21. The maximum absolute atomic E-state index is 12.1. The van der Waals surface area contributed by atoms with Crippen LogP contribution in [0.25, 0.3) is 0 Å². The van der Waals surface area contributed by atoms with E-state index < -0.39 is 10.0 Å². The summed E-state index contributed by atoms with van der Waals surface area (Å²) in [6.45, 7) is 0. The van der Waals surface area contributed by atoms with Gasteiger partial charge in [-0.25, -0.2) is 14.4 Å². The minimum atomic E-state index is -3.80. The number of aryl methyl sites for hydroxylation is 1. The van der Waals surface area contributed by atoms with Crippen molar-refractivity contribution in [3.05, 3.63) is 24.7 Å². The van der Waals surface area contributed by atoms with Crippen LogP contribution in [0, 0.1) is 0 Å². The quantitative estimate of drug-likeness (QED) is 0.812. The molecule has 9 heteroatoms. The van der Waals surface area contributed by atoms with E-state index in [4.69, 9.17) is 0 Å². The van der Waals surface area contributed by atoms with Crippen LogP contribution in [0.3, 0.4) is 0 Å². The van der Waals surface area contributed by atoms with Crippen LogP contribution in [-0.2, 0) is 17.1 Å². The summed E-state index contributed by atoms with van der Waals surface area (Å²) in [5, 5.41) is 6.46. The highest BCUT2D eigenvalue weighted by Crippen LogP contribution is 2.19. The highest BCUT2D eigenvalue weighted by atomic mass is 32.2. The summed E-state index contributed by atoms with van der Waals surface area (Å²) in [7, 11) is -0.586. The third-order valence-electron chi connectivity index (χ3n) is 2.23. The molecular formula is C9H12N6O2S. The normalized spacial score (nSPS) is 11.2. The Morgan fingerprint density at radius 3 is 2.72 bits per heavy atom. The number of hydrogen-bond donors (Lipinski definition) is 2. The zero-order valence-electron chi connectivity index (χ0n) is 9.82. The van der Waals surface area contributed by atoms with Crippen LogP contribution in [0.15, 0.2) is 29.7 Å². The number of nitrogens with one attached hydrogen (secondary N) is 2. The van der Waals surface area contributed by atoms with E-state index in [1.165, 1.54) is 17.2 Å². The van der Waals surface area contributed by atoms with Gasteiger partial charge in [0.1, 0.15) is 6.33 Å². The molecule has 0 atom stereocenters. The number of hydrogen-bond acceptors (Lipinski definition) is 6. The fourth-order valence-electron chi connectivity index (χ4n) is 1.35. The molecule has 0 aromatic carbocycles. The molecule has 96 valence electrons. The molecule has 2 rings (SSSR count). The number of nitrogens with zero attached hydrogens (tertiary/aromatic N) is 4. The molecule has 2 aromatic rings. The lowest BCUT2D eigenvalue weighted by Crippen LogP contribution is -2.18. The van der Waals surface area contributed by atoms with E-state index in [0.717, 1.165) is 0 Å². The molecule has 0 fully saturated rings. The molecule has 0 aliphatic carbocycles. The molecule has 0 saturated heterocycles. The van der Waals surface area contributed by atoms with Gasteiger partial charge in [-0.2, -0.15) is 18.5 Å². The molecule has 0 aliphatic heterocycles. The van der Waals surface area contributed by atoms with Crippen LogP contribution in [-0.4, -0.2) is 35.2 Å². The van der Waals surface area contributed by atoms with Crippen LogP contribution in [0.1, 0.15) is 0 Å². The smallest absolute Gasteiger partial charge is 0.283 e. The van der Waals surface area contributed by atoms with Gasteiger partial charge in [0.25, 0.3) is 10.0 Å². The van der Waals surface area contributed by atoms with Gasteiger partial charge in [-0.15, -0.1) is 0 Å². The van der Waals surface area contributed by atoms with Crippen molar-refractivity contribution in [2.24, 2.45) is 7.05 Å². The average molecular weight is 268 g/mol. The van der Waals surface area contributed by atoms with Crippen molar-refractivity contribution in [1.82, 2.24) is 19.7 Å². The van der Waals surface area contributed by atoms with E-state index in [9.17, 15) is 8.42 Å². The second-order valence-electron chi connectivity index (χ2n) is 3.42. The first-order chi connectivity index (χ1) is 8.54. The Morgan fingerprint density at radius 2 is 2.11 bits per heavy atom. The predicted octanol–water partition coefficient (Wildman–Crippen LogP) is 0.0526. The van der Waals surface area contributed by atoms with Gasteiger partial charge in [0, 0.05) is 20.3 Å². The van der Waals surface area contributed by atoms with Gasteiger partial charge in [0.15, 0.2) is 5.03 Å². The third-order valence-corrected chi connectivity index (χ3v) is 3.52. The second kappa shape index (κ2) is 4.61. The summed E-state index contributed by atoms with van der Waals surface area (Å²) in [5.74, 6) is 0.128. The molecule has 0 bridgehead atoms. The van der Waals surface area contributed by atoms with Crippen molar-refractivity contribution in [2.45, 2.75) is 5.03 Å². The Bertz CT molecular complexity index is 651. The fourth-order valence-corrected chi connectivity index (χ4v) is 2.53. The lowest BCUT2D eigenvalue weighted by Gasteiger charge is -2.09. The number of pyridine rings is 1. The summed E-state index contributed by atoms with van der Waals surface area (Å²) in [6, 6.07) is 3.27. The molecule has 0 unspecified atom stereocenters. The molecule has 0 saturated carbocycles. The van der Waals surface area contributed by atoms with Gasteiger partial charge in [0.2, 0.25) is 5.95 Å². The first kappa shape index (κ1) is 12.3. The Balaban J connectivity index is 2.40. The van der Waals surface area contributed by atoms with Crippen molar-refractivity contribution < 1.29 is 8.42 Å². The van der Waals surface area contributed by atoms with Crippen LogP contribution >= 0.6 is 0 Å². The van der Waals surface area contributed by atoms with Crippen LogP contribution in [0.5, 0.6) is 0 Å². The highest BCUT2D eigenvalue weighted by molar-refractivity contribution is 7.92. The van der Waals surface area contributed by atoms with Gasteiger partial charge < -0.3 is 5.32 Å². The largest absolute Gasteiger partial charge is 0.386 e. The van der Waals surface area contributed by atoms with Gasteiger partial charge in [-0.1, -0.05) is 0 Å². The van der Waals surface area contributed by atoms with E-state index in [0.29, 0.717) is 5.69 Å². The molecule has 0 amide bonds. The molecule has 2 N–H and O–H groups in total. The standard InChI is InChI=1S/C9H12N6O2S/c1-10-7-4-3-5-11-8(7)18(16,17)14-9-12-6-13-15(9)2/h3-6,10H,1-2H3,(H,12,13,14).